The minimum absolute atomic E-state index is 0. The van der Waals surface area contributed by atoms with E-state index in [-0.39, 0.29) is 42.9 Å². The summed E-state index contributed by atoms with van der Waals surface area (Å²) in [6.45, 7) is 4.75. The van der Waals surface area contributed by atoms with Crippen molar-refractivity contribution in [2.24, 2.45) is 0 Å². The van der Waals surface area contributed by atoms with Gasteiger partial charge in [-0.3, -0.25) is 0 Å². The number of hydrogen-bond acceptors (Lipinski definition) is 1. The summed E-state index contributed by atoms with van der Waals surface area (Å²) >= 11 is 0. The maximum atomic E-state index is 6.25. The van der Waals surface area contributed by atoms with E-state index in [4.69, 9.17) is 11.8 Å². The average Bonchev–Trinajstić information content (AvgIpc) is 1.00. The van der Waals surface area contributed by atoms with Crippen LogP contribution in [-0.2, 0) is 17.1 Å². The standard InChI is InChI=1S/CN.Fe.In.3H/c1-2;;;;;/q-1;;;;;. The zero-order chi connectivity index (χ0) is 2.00. The van der Waals surface area contributed by atoms with Crippen molar-refractivity contribution in [2.45, 2.75) is 0 Å². The summed E-state index contributed by atoms with van der Waals surface area (Å²) in [5.41, 5.74) is 0. The molecular weight excluding hydrogens is 197 g/mol. The Morgan fingerprint density at radius 1 is 1.25 bits per heavy atom. The molecule has 0 aromatic rings. The van der Waals surface area contributed by atoms with Crippen LogP contribution in [0.5, 0.6) is 0 Å². The van der Waals surface area contributed by atoms with Gasteiger partial charge in [0.2, 0.25) is 0 Å². The predicted octanol–water partition coefficient (Wildman–Crippen LogP) is -1.09. The van der Waals surface area contributed by atoms with Crippen LogP contribution in [0.4, 0.5) is 0 Å². The molecule has 0 fully saturated rings. The molecule has 0 spiro atoms. The SMILES string of the molecule is [C-]#N.[Fe].[InH3]. The van der Waals surface area contributed by atoms with Crippen LogP contribution < -0.4 is 0 Å². The van der Waals surface area contributed by atoms with Crippen molar-refractivity contribution >= 4 is 25.8 Å². The summed E-state index contributed by atoms with van der Waals surface area (Å²) in [5.74, 6) is 0. The van der Waals surface area contributed by atoms with Gasteiger partial charge in [0.1, 0.15) is 0 Å². The van der Waals surface area contributed by atoms with Crippen LogP contribution in [0, 0.1) is 11.8 Å². The van der Waals surface area contributed by atoms with Gasteiger partial charge in [-0.05, 0) is 0 Å². The quantitative estimate of drug-likeness (QED) is 0.360. The van der Waals surface area contributed by atoms with Gasteiger partial charge in [-0.15, -0.1) is 0 Å². The second kappa shape index (κ2) is 41.6. The van der Waals surface area contributed by atoms with Crippen molar-refractivity contribution < 1.29 is 17.1 Å². The molecule has 0 N–H and O–H groups in total. The molecule has 0 aromatic heterocycles. The molecule has 24 valence electrons. The Balaban J connectivity index is -0.00000000500. The van der Waals surface area contributed by atoms with Crippen LogP contribution in [-0.4, -0.2) is 25.8 Å². The first-order valence-electron chi connectivity index (χ1n) is 0.224. The summed E-state index contributed by atoms with van der Waals surface area (Å²) in [4.78, 5) is 0. The second-order valence-electron chi connectivity index (χ2n) is 0. The maximum absolute atomic E-state index is 6.25. The van der Waals surface area contributed by atoms with E-state index in [0.717, 1.165) is 0 Å². The molecular formula is CH3FeInN-. The third kappa shape index (κ3) is 13.1. The second-order valence-corrected chi connectivity index (χ2v) is 0. The van der Waals surface area contributed by atoms with Crippen LogP contribution >= 0.6 is 0 Å². The normalized spacial score (nSPS) is 0.500. The molecule has 0 aliphatic carbocycles. The molecule has 0 unspecified atom stereocenters. The zero-order valence-electron chi connectivity index (χ0n) is 1.30. The van der Waals surface area contributed by atoms with E-state index in [1.807, 2.05) is 0 Å². The van der Waals surface area contributed by atoms with Crippen molar-refractivity contribution in [1.82, 2.24) is 0 Å². The van der Waals surface area contributed by atoms with Crippen molar-refractivity contribution in [3.63, 3.8) is 0 Å². The minimum atomic E-state index is 0. The summed E-state index contributed by atoms with van der Waals surface area (Å²) in [7, 11) is 0. The third-order valence-electron chi connectivity index (χ3n) is 0. The van der Waals surface area contributed by atoms with Crippen LogP contribution in [0.25, 0.3) is 0 Å². The molecule has 0 aliphatic heterocycles. The molecule has 0 atom stereocenters. The Hall–Kier alpha value is 0.880. The Bertz CT molecular complexity index is 12.8. The predicted molar refractivity (Wildman–Crippen MR) is 14.9 cm³/mol. The van der Waals surface area contributed by atoms with E-state index in [9.17, 15) is 0 Å². The zero-order valence-corrected chi connectivity index (χ0v) is 2.40. The van der Waals surface area contributed by atoms with Crippen LogP contribution in [0.1, 0.15) is 0 Å². The molecule has 0 saturated carbocycles. The summed E-state index contributed by atoms with van der Waals surface area (Å²) in [6, 6.07) is 0. The van der Waals surface area contributed by atoms with Crippen molar-refractivity contribution in [1.29, 1.82) is 5.26 Å². The van der Waals surface area contributed by atoms with Crippen LogP contribution in [0.15, 0.2) is 0 Å². The van der Waals surface area contributed by atoms with Gasteiger partial charge >= 0.3 is 25.8 Å². The van der Waals surface area contributed by atoms with Gasteiger partial charge in [-0.1, -0.05) is 0 Å². The molecule has 1 nitrogen and oxygen atoms in total. The van der Waals surface area contributed by atoms with Crippen molar-refractivity contribution in [3.05, 3.63) is 6.57 Å². The van der Waals surface area contributed by atoms with E-state index in [1.165, 1.54) is 0 Å². The van der Waals surface area contributed by atoms with E-state index in [2.05, 4.69) is 0 Å². The van der Waals surface area contributed by atoms with Gasteiger partial charge in [-0.2, -0.15) is 0 Å². The molecule has 0 aliphatic rings. The van der Waals surface area contributed by atoms with Gasteiger partial charge < -0.3 is 11.8 Å². The molecule has 0 bridgehead atoms. The third-order valence-corrected chi connectivity index (χ3v) is 0. The van der Waals surface area contributed by atoms with Crippen molar-refractivity contribution in [2.75, 3.05) is 0 Å². The Kier molecular flexibility index (Phi) is 216. The monoisotopic (exact) mass is 200 g/mol. The molecule has 4 heavy (non-hydrogen) atoms. The Labute approximate surface area is 54.6 Å². The molecule has 0 rings (SSSR count). The average molecular weight is 200 g/mol. The topological polar surface area (TPSA) is 23.8 Å². The molecule has 0 amide bonds. The first-order chi connectivity index (χ1) is 1.00. The van der Waals surface area contributed by atoms with E-state index < -0.39 is 0 Å². The van der Waals surface area contributed by atoms with Crippen molar-refractivity contribution in [3.8, 4) is 0 Å². The Morgan fingerprint density at radius 2 is 1.25 bits per heavy atom. The van der Waals surface area contributed by atoms with E-state index in [0.29, 0.717) is 0 Å². The fourth-order valence-corrected chi connectivity index (χ4v) is 0. The molecule has 0 heterocycles. The molecule has 3 heteroatoms. The van der Waals surface area contributed by atoms with Crippen LogP contribution in [0.3, 0.4) is 0 Å². The number of hydrogen-bond donors (Lipinski definition) is 0. The summed E-state index contributed by atoms with van der Waals surface area (Å²) in [6.07, 6.45) is 0. The van der Waals surface area contributed by atoms with Gasteiger partial charge in [0, 0.05) is 17.1 Å². The number of rotatable bonds is 0. The fourth-order valence-electron chi connectivity index (χ4n) is 0. The van der Waals surface area contributed by atoms with Gasteiger partial charge in [0.15, 0.2) is 0 Å². The summed E-state index contributed by atoms with van der Waals surface area (Å²) in [5, 5.41) is 6.25. The number of nitrogens with zero attached hydrogens (tertiary/aromatic N) is 1. The van der Waals surface area contributed by atoms with Gasteiger partial charge in [0.25, 0.3) is 0 Å². The molecule has 0 saturated heterocycles. The fraction of sp³-hybridized carbons (Fsp3) is 0. The Morgan fingerprint density at radius 3 is 1.25 bits per heavy atom. The molecule has 0 radical (unpaired) electrons. The van der Waals surface area contributed by atoms with Gasteiger partial charge in [-0.25, -0.2) is 0 Å². The summed E-state index contributed by atoms with van der Waals surface area (Å²) < 4.78 is 0. The first kappa shape index (κ1) is 20.8. The van der Waals surface area contributed by atoms with Gasteiger partial charge in [0.05, 0.1) is 0 Å². The first-order valence-corrected chi connectivity index (χ1v) is 0.224. The van der Waals surface area contributed by atoms with E-state index in [1.54, 1.807) is 0 Å². The van der Waals surface area contributed by atoms with Crippen LogP contribution in [0.2, 0.25) is 0 Å². The van der Waals surface area contributed by atoms with E-state index >= 15 is 0 Å². The molecule has 0 aromatic carbocycles.